The summed E-state index contributed by atoms with van der Waals surface area (Å²) in [5.74, 6) is -0.0604. The molecule has 4 heteroatoms. The molecule has 0 radical (unpaired) electrons. The highest BCUT2D eigenvalue weighted by Crippen LogP contribution is 2.16. The Labute approximate surface area is 107 Å². The van der Waals surface area contributed by atoms with Crippen LogP contribution in [-0.2, 0) is 20.7 Å². The number of methoxy groups -OCH3 is 1. The molecule has 0 N–H and O–H groups in total. The van der Waals surface area contributed by atoms with E-state index in [1.165, 1.54) is 18.8 Å². The predicted molar refractivity (Wildman–Crippen MR) is 68.2 cm³/mol. The Kier molecular flexibility index (Phi) is 5.28. The predicted octanol–water partition coefficient (Wildman–Crippen LogP) is 2.23. The van der Waals surface area contributed by atoms with Gasteiger partial charge < -0.3 is 4.74 Å². The van der Waals surface area contributed by atoms with Crippen LogP contribution in [0.2, 0.25) is 0 Å². The van der Waals surface area contributed by atoms with Gasteiger partial charge in [0, 0.05) is 6.42 Å². The first-order chi connectivity index (χ1) is 8.58. The second-order valence-electron chi connectivity index (χ2n) is 4.36. The van der Waals surface area contributed by atoms with Gasteiger partial charge in [-0.05, 0) is 17.0 Å². The van der Waals surface area contributed by atoms with Crippen LogP contribution in [0, 0.1) is 0 Å². The van der Waals surface area contributed by atoms with Gasteiger partial charge in [-0.2, -0.15) is 4.99 Å². The minimum atomic E-state index is -0.808. The molecule has 0 bridgehead atoms. The van der Waals surface area contributed by atoms with E-state index in [9.17, 15) is 9.59 Å². The highest BCUT2D eigenvalue weighted by atomic mass is 16.5. The molecular formula is C14H17NO3. The third kappa shape index (κ3) is 3.82. The fraction of sp³-hybridized carbons (Fsp3) is 0.429. The smallest absolute Gasteiger partial charge is 0.331 e. The monoisotopic (exact) mass is 247 g/mol. The standard InChI is InChI=1S/C14H17NO3/c1-10(2)12-6-4-11(5-7-12)8-13(15-9-16)14(17)18-3/h4-7,10,13H,8H2,1-3H3. The number of carbonyl (C=O) groups excluding carboxylic acids is 2. The van der Waals surface area contributed by atoms with E-state index in [-0.39, 0.29) is 0 Å². The van der Waals surface area contributed by atoms with Gasteiger partial charge in [-0.1, -0.05) is 38.1 Å². The van der Waals surface area contributed by atoms with Crippen molar-refractivity contribution in [3.63, 3.8) is 0 Å². The van der Waals surface area contributed by atoms with Crippen LogP contribution >= 0.6 is 0 Å². The number of rotatable bonds is 5. The van der Waals surface area contributed by atoms with Crippen LogP contribution in [0.15, 0.2) is 29.3 Å². The van der Waals surface area contributed by atoms with Crippen molar-refractivity contribution in [3.8, 4) is 0 Å². The first-order valence-electron chi connectivity index (χ1n) is 5.82. The van der Waals surface area contributed by atoms with Gasteiger partial charge in [0.15, 0.2) is 6.04 Å². The molecule has 0 aliphatic rings. The summed E-state index contributed by atoms with van der Waals surface area (Å²) in [6.45, 7) is 4.23. The Hall–Kier alpha value is -1.93. The summed E-state index contributed by atoms with van der Waals surface area (Å²) in [7, 11) is 1.28. The first-order valence-corrected chi connectivity index (χ1v) is 5.82. The molecule has 0 fully saturated rings. The molecule has 0 spiro atoms. The van der Waals surface area contributed by atoms with Crippen LogP contribution in [-0.4, -0.2) is 25.2 Å². The van der Waals surface area contributed by atoms with E-state index in [4.69, 9.17) is 0 Å². The molecular weight excluding hydrogens is 230 g/mol. The summed E-state index contributed by atoms with van der Waals surface area (Å²) in [5, 5.41) is 0. The van der Waals surface area contributed by atoms with E-state index in [1.807, 2.05) is 24.3 Å². The number of isocyanates is 1. The van der Waals surface area contributed by atoms with E-state index in [2.05, 4.69) is 23.6 Å². The summed E-state index contributed by atoms with van der Waals surface area (Å²) in [4.78, 5) is 25.1. The number of nitrogens with zero attached hydrogens (tertiary/aromatic N) is 1. The fourth-order valence-electron chi connectivity index (χ4n) is 1.64. The van der Waals surface area contributed by atoms with Crippen molar-refractivity contribution >= 4 is 12.0 Å². The average molecular weight is 247 g/mol. The lowest BCUT2D eigenvalue weighted by molar-refractivity contribution is -0.142. The molecule has 0 heterocycles. The summed E-state index contributed by atoms with van der Waals surface area (Å²) in [5.41, 5.74) is 2.17. The van der Waals surface area contributed by atoms with Gasteiger partial charge in [-0.3, -0.25) is 0 Å². The van der Waals surface area contributed by atoms with Crippen molar-refractivity contribution in [2.75, 3.05) is 7.11 Å². The molecule has 0 aliphatic heterocycles. The number of esters is 1. The average Bonchev–Trinajstić information content (AvgIpc) is 2.38. The Morgan fingerprint density at radius 2 is 1.94 bits per heavy atom. The van der Waals surface area contributed by atoms with E-state index in [0.717, 1.165) is 5.56 Å². The van der Waals surface area contributed by atoms with Crippen molar-refractivity contribution < 1.29 is 14.3 Å². The zero-order valence-electron chi connectivity index (χ0n) is 10.8. The van der Waals surface area contributed by atoms with Crippen LogP contribution in [0.25, 0.3) is 0 Å². The Bertz CT molecular complexity index is 445. The maximum absolute atomic E-state index is 11.4. The second kappa shape index (κ2) is 6.72. The maximum Gasteiger partial charge on any atom is 0.331 e. The number of benzene rings is 1. The Balaban J connectivity index is 2.81. The highest BCUT2D eigenvalue weighted by Gasteiger charge is 2.18. The summed E-state index contributed by atoms with van der Waals surface area (Å²) < 4.78 is 4.59. The minimum absolute atomic E-state index is 0.348. The molecule has 1 aromatic carbocycles. The van der Waals surface area contributed by atoms with Crippen molar-refractivity contribution in [1.29, 1.82) is 0 Å². The normalized spacial score (nSPS) is 11.8. The quantitative estimate of drug-likeness (QED) is 0.455. The fourth-order valence-corrected chi connectivity index (χ4v) is 1.64. The van der Waals surface area contributed by atoms with Gasteiger partial charge in [0.05, 0.1) is 7.11 Å². The molecule has 96 valence electrons. The third-order valence-electron chi connectivity index (χ3n) is 2.76. The first kappa shape index (κ1) is 14.1. The third-order valence-corrected chi connectivity index (χ3v) is 2.76. The zero-order chi connectivity index (χ0) is 13.5. The SMILES string of the molecule is COC(=O)C(Cc1ccc(C(C)C)cc1)N=C=O. The summed E-state index contributed by atoms with van der Waals surface area (Å²) in [6.07, 6.45) is 1.75. The van der Waals surface area contributed by atoms with E-state index >= 15 is 0 Å². The Morgan fingerprint density at radius 1 is 1.33 bits per heavy atom. The van der Waals surface area contributed by atoms with Gasteiger partial charge in [-0.15, -0.1) is 0 Å². The molecule has 0 aliphatic carbocycles. The molecule has 1 unspecified atom stereocenters. The number of ether oxygens (including phenoxy) is 1. The van der Waals surface area contributed by atoms with Gasteiger partial charge in [0.25, 0.3) is 0 Å². The molecule has 1 atom stereocenters. The molecule has 1 aromatic rings. The van der Waals surface area contributed by atoms with Crippen LogP contribution in [0.1, 0.15) is 30.9 Å². The van der Waals surface area contributed by atoms with Crippen molar-refractivity contribution in [3.05, 3.63) is 35.4 Å². The summed E-state index contributed by atoms with van der Waals surface area (Å²) >= 11 is 0. The van der Waals surface area contributed by atoms with E-state index in [0.29, 0.717) is 12.3 Å². The number of hydrogen-bond donors (Lipinski definition) is 0. The molecule has 4 nitrogen and oxygen atoms in total. The summed E-state index contributed by atoms with van der Waals surface area (Å²) in [6, 6.07) is 7.09. The van der Waals surface area contributed by atoms with Crippen LogP contribution in [0.3, 0.4) is 0 Å². The van der Waals surface area contributed by atoms with Crippen molar-refractivity contribution in [1.82, 2.24) is 0 Å². The lowest BCUT2D eigenvalue weighted by Crippen LogP contribution is -2.22. The zero-order valence-corrected chi connectivity index (χ0v) is 10.8. The Morgan fingerprint density at radius 3 is 2.39 bits per heavy atom. The topological polar surface area (TPSA) is 55.7 Å². The maximum atomic E-state index is 11.4. The molecule has 0 saturated carbocycles. The minimum Gasteiger partial charge on any atom is -0.467 e. The van der Waals surface area contributed by atoms with Gasteiger partial charge in [-0.25, -0.2) is 9.59 Å². The lowest BCUT2D eigenvalue weighted by atomic mass is 9.99. The molecule has 0 aromatic heterocycles. The van der Waals surface area contributed by atoms with E-state index < -0.39 is 12.0 Å². The molecule has 0 saturated heterocycles. The van der Waals surface area contributed by atoms with Gasteiger partial charge in [0.2, 0.25) is 6.08 Å². The number of hydrogen-bond acceptors (Lipinski definition) is 4. The number of aliphatic imine (C=N–C) groups is 1. The molecule has 18 heavy (non-hydrogen) atoms. The van der Waals surface area contributed by atoms with Crippen LogP contribution in [0.4, 0.5) is 0 Å². The highest BCUT2D eigenvalue weighted by molar-refractivity contribution is 5.77. The lowest BCUT2D eigenvalue weighted by Gasteiger charge is -2.10. The van der Waals surface area contributed by atoms with Gasteiger partial charge >= 0.3 is 5.97 Å². The van der Waals surface area contributed by atoms with Crippen LogP contribution < -0.4 is 0 Å². The van der Waals surface area contributed by atoms with Crippen LogP contribution in [0.5, 0.6) is 0 Å². The van der Waals surface area contributed by atoms with Crippen molar-refractivity contribution in [2.45, 2.75) is 32.2 Å². The second-order valence-corrected chi connectivity index (χ2v) is 4.36. The van der Waals surface area contributed by atoms with Gasteiger partial charge in [0.1, 0.15) is 0 Å². The number of carbonyl (C=O) groups is 1. The molecule has 1 rings (SSSR count). The molecule has 0 amide bonds. The largest absolute Gasteiger partial charge is 0.467 e. The van der Waals surface area contributed by atoms with E-state index in [1.54, 1.807) is 0 Å². The van der Waals surface area contributed by atoms with Crippen molar-refractivity contribution in [2.24, 2.45) is 4.99 Å².